The second kappa shape index (κ2) is 15.4. The number of hydrogen-bond donors (Lipinski definition) is 2. The number of esters is 2. The molecule has 0 radical (unpaired) electrons. The van der Waals surface area contributed by atoms with Crippen LogP contribution in [0.4, 0.5) is 0 Å². The van der Waals surface area contributed by atoms with Crippen LogP contribution in [0.2, 0.25) is 0 Å². The first-order valence-corrected chi connectivity index (χ1v) is 13.7. The summed E-state index contributed by atoms with van der Waals surface area (Å²) in [5.41, 5.74) is 3.12. The number of likely N-dealkylation sites (tertiary alicyclic amines) is 1. The van der Waals surface area contributed by atoms with Gasteiger partial charge < -0.3 is 19.7 Å². The summed E-state index contributed by atoms with van der Waals surface area (Å²) in [6.45, 7) is 8.41. The second-order valence-corrected chi connectivity index (χ2v) is 10.4. The summed E-state index contributed by atoms with van der Waals surface area (Å²) in [5.74, 6) is -4.99. The topological polar surface area (TPSA) is 148 Å². The molecule has 2 N–H and O–H groups in total. The molecule has 0 bridgehead atoms. The number of aryl methyl sites for hydroxylation is 2. The van der Waals surface area contributed by atoms with Crippen LogP contribution in [0.25, 0.3) is 0 Å². The third-order valence-corrected chi connectivity index (χ3v) is 6.81. The number of carbonyl (C=O) groups is 5. The average molecular weight is 590 g/mol. The van der Waals surface area contributed by atoms with E-state index in [-0.39, 0.29) is 17.0 Å². The summed E-state index contributed by atoms with van der Waals surface area (Å²) < 4.78 is 9.64. The predicted molar refractivity (Wildman–Crippen MR) is 157 cm³/mol. The molecular formula is C33H35NO9. The van der Waals surface area contributed by atoms with E-state index in [0.29, 0.717) is 12.2 Å². The largest absolute Gasteiger partial charge is 0.478 e. The highest BCUT2D eigenvalue weighted by Crippen LogP contribution is 2.16. The number of benzene rings is 3. The van der Waals surface area contributed by atoms with E-state index in [9.17, 15) is 34.2 Å². The number of aliphatic carboxylic acids is 2. The van der Waals surface area contributed by atoms with Gasteiger partial charge in [0.1, 0.15) is 5.78 Å². The van der Waals surface area contributed by atoms with Crippen LogP contribution in [0.5, 0.6) is 0 Å². The van der Waals surface area contributed by atoms with Crippen molar-refractivity contribution in [2.24, 2.45) is 5.92 Å². The Morgan fingerprint density at radius 3 is 1.60 bits per heavy atom. The molecule has 43 heavy (non-hydrogen) atoms. The van der Waals surface area contributed by atoms with E-state index in [0.717, 1.165) is 30.8 Å². The maximum Gasteiger partial charge on any atom is 0.349 e. The number of ether oxygens (including phenoxy) is 2. The van der Waals surface area contributed by atoms with Crippen LogP contribution in [-0.2, 0) is 30.4 Å². The van der Waals surface area contributed by atoms with Crippen molar-refractivity contribution in [2.75, 3.05) is 13.1 Å². The summed E-state index contributed by atoms with van der Waals surface area (Å²) in [6.07, 6.45) is -3.73. The van der Waals surface area contributed by atoms with Crippen molar-refractivity contribution >= 4 is 29.7 Å². The molecule has 3 aromatic carbocycles. The summed E-state index contributed by atoms with van der Waals surface area (Å²) in [4.78, 5) is 61.1. The van der Waals surface area contributed by atoms with E-state index >= 15 is 0 Å². The number of ketones is 1. The molecule has 1 aliphatic rings. The zero-order valence-electron chi connectivity index (χ0n) is 24.3. The molecule has 10 heteroatoms. The average Bonchev–Trinajstić information content (AvgIpc) is 2.98. The maximum atomic E-state index is 12.2. The van der Waals surface area contributed by atoms with Crippen molar-refractivity contribution in [1.29, 1.82) is 0 Å². The highest BCUT2D eigenvalue weighted by atomic mass is 16.6. The molecule has 3 atom stereocenters. The fourth-order valence-corrected chi connectivity index (χ4v) is 4.31. The molecule has 0 aromatic heterocycles. The minimum absolute atomic E-state index is 0.0332. The number of carbonyl (C=O) groups excluding carboxylic acids is 3. The first-order chi connectivity index (χ1) is 20.4. The third-order valence-electron chi connectivity index (χ3n) is 6.81. The smallest absolute Gasteiger partial charge is 0.349 e. The van der Waals surface area contributed by atoms with Crippen LogP contribution in [-0.4, -0.2) is 70.1 Å². The van der Waals surface area contributed by atoms with Crippen molar-refractivity contribution in [2.45, 2.75) is 45.9 Å². The Balaban J connectivity index is 0.000000282. The van der Waals surface area contributed by atoms with Crippen molar-refractivity contribution < 1.29 is 43.7 Å². The molecule has 10 nitrogen and oxygen atoms in total. The molecule has 226 valence electrons. The van der Waals surface area contributed by atoms with Crippen molar-refractivity contribution in [3.63, 3.8) is 0 Å². The van der Waals surface area contributed by atoms with Crippen LogP contribution in [0.15, 0.2) is 78.9 Å². The van der Waals surface area contributed by atoms with E-state index in [2.05, 4.69) is 29.2 Å². The molecule has 0 aliphatic carbocycles. The van der Waals surface area contributed by atoms with Gasteiger partial charge in [0.05, 0.1) is 11.1 Å². The molecule has 1 saturated heterocycles. The first-order valence-electron chi connectivity index (χ1n) is 13.7. The molecule has 0 spiro atoms. The van der Waals surface area contributed by atoms with Crippen molar-refractivity contribution in [3.8, 4) is 0 Å². The molecule has 0 saturated carbocycles. The Morgan fingerprint density at radius 1 is 0.767 bits per heavy atom. The first kappa shape index (κ1) is 32.7. The number of nitrogens with zero attached hydrogens (tertiary/aromatic N) is 1. The van der Waals surface area contributed by atoms with Crippen LogP contribution in [0, 0.1) is 19.8 Å². The zero-order chi connectivity index (χ0) is 31.5. The van der Waals surface area contributed by atoms with Gasteiger partial charge in [-0.15, -0.1) is 0 Å². The Hall–Kier alpha value is -4.83. The van der Waals surface area contributed by atoms with Gasteiger partial charge in [-0.1, -0.05) is 72.6 Å². The van der Waals surface area contributed by atoms with E-state index in [4.69, 9.17) is 9.47 Å². The van der Waals surface area contributed by atoms with E-state index in [1.165, 1.54) is 29.8 Å². The second-order valence-electron chi connectivity index (χ2n) is 10.4. The Bertz CT molecular complexity index is 1340. The monoisotopic (exact) mass is 589 g/mol. The fourth-order valence-electron chi connectivity index (χ4n) is 4.31. The predicted octanol–water partition coefficient (Wildman–Crippen LogP) is 4.32. The lowest BCUT2D eigenvalue weighted by molar-refractivity contribution is -0.166. The Labute approximate surface area is 249 Å². The number of hydrogen-bond acceptors (Lipinski definition) is 8. The molecule has 1 fully saturated rings. The van der Waals surface area contributed by atoms with Gasteiger partial charge in [0.2, 0.25) is 12.2 Å². The number of carboxylic acid groups (broad SMARTS) is 2. The van der Waals surface area contributed by atoms with Crippen LogP contribution < -0.4 is 0 Å². The van der Waals surface area contributed by atoms with Crippen LogP contribution >= 0.6 is 0 Å². The van der Waals surface area contributed by atoms with Crippen LogP contribution in [0.1, 0.15) is 50.8 Å². The van der Waals surface area contributed by atoms with E-state index < -0.39 is 36.1 Å². The Kier molecular flexibility index (Phi) is 11.7. The number of Topliss-reactive ketones (excluding diaryl/α,β-unsaturated/α-hetero) is 1. The van der Waals surface area contributed by atoms with Gasteiger partial charge in [-0.05, 0) is 43.7 Å². The SMILES string of the molecule is C[C@@H]1CN(Cc2ccccc2)CCC1=O.Cc1ccc(C(=O)O[C@H](C(=O)O)[C@H](OC(=O)c2ccc(C)cc2)C(=O)O)cc1. The van der Waals surface area contributed by atoms with Gasteiger partial charge in [0, 0.05) is 32.0 Å². The minimum atomic E-state index is -2.22. The number of piperidine rings is 1. The molecule has 0 amide bonds. The molecule has 4 rings (SSSR count). The van der Waals surface area contributed by atoms with Gasteiger partial charge in [-0.2, -0.15) is 0 Å². The summed E-state index contributed by atoms with van der Waals surface area (Å²) in [5, 5.41) is 18.6. The fraction of sp³-hybridized carbons (Fsp3) is 0.303. The standard InChI is InChI=1S/C20H18O8.C13H17NO/c1-11-3-7-13(8-4-11)19(25)27-15(17(21)22)16(18(23)24)28-20(26)14-9-5-12(2)6-10-14;1-11-9-14(8-7-13(11)15)10-12-5-3-2-4-6-12/h3-10,15-16H,1-2H3,(H,21,22)(H,23,24);2-6,11H,7-10H2,1H3/t15-,16-;11-/m01/s1. The minimum Gasteiger partial charge on any atom is -0.478 e. The highest BCUT2D eigenvalue weighted by molar-refractivity contribution is 5.95. The normalized spacial score (nSPS) is 16.2. The molecule has 3 aromatic rings. The summed E-state index contributed by atoms with van der Waals surface area (Å²) in [6, 6.07) is 22.5. The maximum absolute atomic E-state index is 12.2. The quantitative estimate of drug-likeness (QED) is 0.346. The van der Waals surface area contributed by atoms with Gasteiger partial charge in [-0.25, -0.2) is 19.2 Å². The summed E-state index contributed by atoms with van der Waals surface area (Å²) in [7, 11) is 0. The molecular weight excluding hydrogens is 554 g/mol. The number of carboxylic acids is 2. The highest BCUT2D eigenvalue weighted by Gasteiger charge is 2.41. The zero-order valence-corrected chi connectivity index (χ0v) is 24.3. The number of rotatable bonds is 9. The van der Waals surface area contributed by atoms with Gasteiger partial charge >= 0.3 is 23.9 Å². The van der Waals surface area contributed by atoms with Crippen LogP contribution in [0.3, 0.4) is 0 Å². The third kappa shape index (κ3) is 9.89. The Morgan fingerprint density at radius 2 is 1.21 bits per heavy atom. The molecule has 1 aliphatic heterocycles. The lowest BCUT2D eigenvalue weighted by Gasteiger charge is -2.29. The van der Waals surface area contributed by atoms with Crippen molar-refractivity contribution in [3.05, 3.63) is 107 Å². The van der Waals surface area contributed by atoms with E-state index in [1.807, 2.05) is 13.0 Å². The van der Waals surface area contributed by atoms with Crippen molar-refractivity contribution in [1.82, 2.24) is 4.90 Å². The van der Waals surface area contributed by atoms with Gasteiger partial charge in [0.15, 0.2) is 0 Å². The lowest BCUT2D eigenvalue weighted by Crippen LogP contribution is -2.45. The molecule has 1 heterocycles. The van der Waals surface area contributed by atoms with Gasteiger partial charge in [-0.3, -0.25) is 9.69 Å². The lowest BCUT2D eigenvalue weighted by atomic mass is 9.98. The summed E-state index contributed by atoms with van der Waals surface area (Å²) >= 11 is 0. The van der Waals surface area contributed by atoms with E-state index in [1.54, 1.807) is 38.1 Å². The van der Waals surface area contributed by atoms with Gasteiger partial charge in [0.25, 0.3) is 0 Å². The molecule has 0 unspecified atom stereocenters.